The van der Waals surface area contributed by atoms with Crippen LogP contribution >= 0.6 is 0 Å². The smallest absolute Gasteiger partial charge is 0.203 e. The molecule has 0 saturated heterocycles. The molecule has 86 valence electrons. The third-order valence-electron chi connectivity index (χ3n) is 2.94. The predicted octanol–water partition coefficient (Wildman–Crippen LogP) is 1.46. The maximum Gasteiger partial charge on any atom is 0.203 e. The molecule has 6 heteroatoms. The molecule has 0 amide bonds. The van der Waals surface area contributed by atoms with E-state index in [1.807, 2.05) is 35.0 Å². The average Bonchev–Trinajstić information content (AvgIpc) is 3.09. The molecule has 0 aliphatic heterocycles. The number of rotatable bonds is 1. The van der Waals surface area contributed by atoms with Gasteiger partial charge in [-0.3, -0.25) is 0 Å². The molecule has 4 rings (SSSR count). The summed E-state index contributed by atoms with van der Waals surface area (Å²) in [6.07, 6.45) is 5.34. The lowest BCUT2D eigenvalue weighted by molar-refractivity contribution is 0.841. The number of imidazole rings is 1. The lowest BCUT2D eigenvalue weighted by atomic mass is 10.2. The summed E-state index contributed by atoms with van der Waals surface area (Å²) < 4.78 is 3.64. The maximum atomic E-state index is 4.08. The van der Waals surface area contributed by atoms with Crippen molar-refractivity contribution in [2.45, 2.75) is 0 Å². The molecule has 3 aromatic heterocycles. The maximum absolute atomic E-state index is 4.08. The van der Waals surface area contributed by atoms with E-state index in [0.29, 0.717) is 5.65 Å². The van der Waals surface area contributed by atoms with Crippen molar-refractivity contribution in [2.24, 2.45) is 0 Å². The van der Waals surface area contributed by atoms with Crippen molar-refractivity contribution < 1.29 is 0 Å². The number of nitrogens with zero attached hydrogens (tertiary/aromatic N) is 6. The molecule has 1 aromatic carbocycles. The van der Waals surface area contributed by atoms with Crippen LogP contribution in [-0.2, 0) is 0 Å². The van der Waals surface area contributed by atoms with Gasteiger partial charge in [0.15, 0.2) is 0 Å². The molecule has 3 heterocycles. The van der Waals surface area contributed by atoms with Gasteiger partial charge < -0.3 is 4.57 Å². The van der Waals surface area contributed by atoms with Gasteiger partial charge in [-0.15, -0.1) is 5.10 Å². The summed E-state index contributed by atoms with van der Waals surface area (Å²) in [5.74, 6) is 0. The standard InChI is InChI=1S/C12H8N6/c1-2-4-10-9(3-1)7-11(17-6-5-13-8-17)12-14-15-16-18(10)12/h1-8H. The fourth-order valence-electron chi connectivity index (χ4n) is 2.12. The van der Waals surface area contributed by atoms with Gasteiger partial charge in [0.25, 0.3) is 0 Å². The quantitative estimate of drug-likeness (QED) is 0.502. The number of benzene rings is 1. The zero-order chi connectivity index (χ0) is 11.9. The lowest BCUT2D eigenvalue weighted by Gasteiger charge is -2.06. The van der Waals surface area contributed by atoms with E-state index < -0.39 is 0 Å². The highest BCUT2D eigenvalue weighted by Crippen LogP contribution is 2.21. The van der Waals surface area contributed by atoms with E-state index in [-0.39, 0.29) is 0 Å². The van der Waals surface area contributed by atoms with Crippen LogP contribution in [0.3, 0.4) is 0 Å². The summed E-state index contributed by atoms with van der Waals surface area (Å²) in [6.45, 7) is 0. The first-order valence-electron chi connectivity index (χ1n) is 5.52. The minimum atomic E-state index is 0.715. The molecule has 0 radical (unpaired) electrons. The highest BCUT2D eigenvalue weighted by atomic mass is 15.5. The first-order chi connectivity index (χ1) is 8.93. The molecular formula is C12H8N6. The van der Waals surface area contributed by atoms with Crippen LogP contribution < -0.4 is 0 Å². The van der Waals surface area contributed by atoms with E-state index in [1.165, 1.54) is 0 Å². The van der Waals surface area contributed by atoms with Gasteiger partial charge in [-0.2, -0.15) is 4.52 Å². The molecule has 6 nitrogen and oxygen atoms in total. The molecule has 0 unspecified atom stereocenters. The van der Waals surface area contributed by atoms with E-state index in [1.54, 1.807) is 17.0 Å². The Bertz CT molecular complexity index is 830. The van der Waals surface area contributed by atoms with Crippen LogP contribution in [0.2, 0.25) is 0 Å². The zero-order valence-corrected chi connectivity index (χ0v) is 9.30. The van der Waals surface area contributed by atoms with Crippen molar-refractivity contribution in [1.82, 2.24) is 29.6 Å². The van der Waals surface area contributed by atoms with Crippen molar-refractivity contribution in [1.29, 1.82) is 0 Å². The highest BCUT2D eigenvalue weighted by molar-refractivity contribution is 5.85. The van der Waals surface area contributed by atoms with Crippen LogP contribution in [0.5, 0.6) is 0 Å². The van der Waals surface area contributed by atoms with Crippen LogP contribution in [0.25, 0.3) is 22.2 Å². The summed E-state index contributed by atoms with van der Waals surface area (Å²) in [5.41, 5.74) is 2.62. The Morgan fingerprint density at radius 2 is 2.06 bits per heavy atom. The minimum Gasteiger partial charge on any atom is -0.303 e. The average molecular weight is 236 g/mol. The van der Waals surface area contributed by atoms with Crippen LogP contribution in [0, 0.1) is 0 Å². The van der Waals surface area contributed by atoms with Gasteiger partial charge >= 0.3 is 0 Å². The Labute approximate surface area is 101 Å². The molecule has 0 aliphatic carbocycles. The summed E-state index contributed by atoms with van der Waals surface area (Å²) in [6, 6.07) is 10.1. The zero-order valence-electron chi connectivity index (χ0n) is 9.30. The van der Waals surface area contributed by atoms with E-state index in [4.69, 9.17) is 0 Å². The van der Waals surface area contributed by atoms with Crippen LogP contribution in [0.1, 0.15) is 0 Å². The molecule has 0 saturated carbocycles. The van der Waals surface area contributed by atoms with Crippen LogP contribution in [0.4, 0.5) is 0 Å². The van der Waals surface area contributed by atoms with Crippen molar-refractivity contribution >= 4 is 16.6 Å². The molecule has 0 N–H and O–H groups in total. The molecule has 0 spiro atoms. The van der Waals surface area contributed by atoms with Gasteiger partial charge in [0.2, 0.25) is 5.65 Å². The molecule has 4 aromatic rings. The summed E-state index contributed by atoms with van der Waals surface area (Å²) >= 11 is 0. The number of tetrazole rings is 1. The fraction of sp³-hybridized carbons (Fsp3) is 0. The second-order valence-electron chi connectivity index (χ2n) is 3.97. The van der Waals surface area contributed by atoms with Gasteiger partial charge in [-0.05, 0) is 22.6 Å². The van der Waals surface area contributed by atoms with Gasteiger partial charge in [0, 0.05) is 17.8 Å². The number of hydrogen-bond acceptors (Lipinski definition) is 4. The molecule has 0 atom stereocenters. The summed E-state index contributed by atoms with van der Waals surface area (Å²) in [7, 11) is 0. The molecular weight excluding hydrogens is 228 g/mol. The molecule has 0 bridgehead atoms. The third kappa shape index (κ3) is 1.17. The van der Waals surface area contributed by atoms with Gasteiger partial charge in [-0.1, -0.05) is 18.2 Å². The van der Waals surface area contributed by atoms with Crippen LogP contribution in [-0.4, -0.2) is 29.6 Å². The Morgan fingerprint density at radius 1 is 1.11 bits per heavy atom. The highest BCUT2D eigenvalue weighted by Gasteiger charge is 2.10. The second kappa shape index (κ2) is 3.36. The van der Waals surface area contributed by atoms with E-state index in [0.717, 1.165) is 16.6 Å². The third-order valence-corrected chi connectivity index (χ3v) is 2.94. The fourth-order valence-corrected chi connectivity index (χ4v) is 2.12. The number of hydrogen-bond donors (Lipinski definition) is 0. The van der Waals surface area contributed by atoms with Crippen LogP contribution in [0.15, 0.2) is 49.1 Å². The monoisotopic (exact) mass is 236 g/mol. The van der Waals surface area contributed by atoms with Gasteiger partial charge in [0.1, 0.15) is 0 Å². The number of fused-ring (bicyclic) bond motifs is 3. The summed E-state index contributed by atoms with van der Waals surface area (Å²) in [4.78, 5) is 4.05. The van der Waals surface area contributed by atoms with Crippen molar-refractivity contribution in [3.8, 4) is 5.69 Å². The normalized spacial score (nSPS) is 11.3. The Kier molecular flexibility index (Phi) is 1.74. The van der Waals surface area contributed by atoms with E-state index >= 15 is 0 Å². The second-order valence-corrected chi connectivity index (χ2v) is 3.97. The Morgan fingerprint density at radius 3 is 2.94 bits per heavy atom. The Hall–Kier alpha value is -2.76. The summed E-state index contributed by atoms with van der Waals surface area (Å²) in [5, 5.41) is 13.0. The SMILES string of the molecule is c1ccc2c(c1)cc(-n1ccnc1)c1nnnn12. The first-order valence-corrected chi connectivity index (χ1v) is 5.52. The Balaban J connectivity index is 2.21. The number of aromatic nitrogens is 6. The van der Waals surface area contributed by atoms with E-state index in [2.05, 4.69) is 26.6 Å². The minimum absolute atomic E-state index is 0.715. The van der Waals surface area contributed by atoms with Gasteiger partial charge in [-0.25, -0.2) is 4.98 Å². The van der Waals surface area contributed by atoms with Gasteiger partial charge in [0.05, 0.1) is 17.5 Å². The predicted molar refractivity (Wildman–Crippen MR) is 65.4 cm³/mol. The topological polar surface area (TPSA) is 60.9 Å². The molecule has 0 aliphatic rings. The van der Waals surface area contributed by atoms with Crippen molar-refractivity contribution in [3.63, 3.8) is 0 Å². The number of para-hydroxylation sites is 1. The van der Waals surface area contributed by atoms with Crippen molar-refractivity contribution in [3.05, 3.63) is 49.1 Å². The van der Waals surface area contributed by atoms with E-state index in [9.17, 15) is 0 Å². The molecule has 18 heavy (non-hydrogen) atoms. The first kappa shape index (κ1) is 9.29. The number of pyridine rings is 1. The largest absolute Gasteiger partial charge is 0.303 e. The van der Waals surface area contributed by atoms with Crippen molar-refractivity contribution in [2.75, 3.05) is 0 Å². The molecule has 0 fully saturated rings. The lowest BCUT2D eigenvalue weighted by Crippen LogP contribution is -1.98.